The van der Waals surface area contributed by atoms with Gasteiger partial charge in [-0.05, 0) is 41.3 Å². The fourth-order valence-corrected chi connectivity index (χ4v) is 5.51. The molecular weight excluding hydrogens is 452 g/mol. The molecule has 1 amide bonds. The summed E-state index contributed by atoms with van der Waals surface area (Å²) in [5, 5.41) is 8.98. The number of para-hydroxylation sites is 1. The minimum atomic E-state index is -0.165. The molecule has 0 radical (unpaired) electrons. The number of hydrogen-bond acceptors (Lipinski definition) is 4. The molecule has 0 fully saturated rings. The van der Waals surface area contributed by atoms with E-state index in [0.29, 0.717) is 16.5 Å². The van der Waals surface area contributed by atoms with Crippen molar-refractivity contribution in [2.75, 3.05) is 5.75 Å². The molecule has 0 unspecified atom stereocenters. The van der Waals surface area contributed by atoms with E-state index in [1.807, 2.05) is 49.4 Å². The first-order valence-corrected chi connectivity index (χ1v) is 12.0. The molecule has 1 aliphatic carbocycles. The van der Waals surface area contributed by atoms with E-state index < -0.39 is 0 Å². The van der Waals surface area contributed by atoms with Crippen LogP contribution in [0, 0.1) is 6.92 Å². The van der Waals surface area contributed by atoms with Gasteiger partial charge in [0.15, 0.2) is 5.15 Å². The van der Waals surface area contributed by atoms with Crippen molar-refractivity contribution in [3.63, 3.8) is 0 Å². The largest absolute Gasteiger partial charge is 0.272 e. The number of halogens is 1. The summed E-state index contributed by atoms with van der Waals surface area (Å²) in [7, 11) is 0. The molecule has 5 nitrogen and oxygen atoms in total. The fourth-order valence-electron chi connectivity index (χ4n) is 4.10. The van der Waals surface area contributed by atoms with Crippen molar-refractivity contribution < 1.29 is 4.79 Å². The number of rotatable bonds is 6. The van der Waals surface area contributed by atoms with E-state index in [0.717, 1.165) is 11.4 Å². The number of benzene rings is 3. The molecule has 1 N–H and O–H groups in total. The molecule has 0 saturated heterocycles. The molecule has 0 atom stereocenters. The molecule has 0 spiro atoms. The normalized spacial score (nSPS) is 12.7. The van der Waals surface area contributed by atoms with E-state index >= 15 is 0 Å². The first-order chi connectivity index (χ1) is 16.1. The topological polar surface area (TPSA) is 59.3 Å². The van der Waals surface area contributed by atoms with Crippen LogP contribution in [-0.4, -0.2) is 27.7 Å². The summed E-state index contributed by atoms with van der Waals surface area (Å²) < 4.78 is 1.76. The maximum atomic E-state index is 12.5. The Bertz CT molecular complexity index is 1300. The second-order valence-corrected chi connectivity index (χ2v) is 9.15. The van der Waals surface area contributed by atoms with Crippen molar-refractivity contribution in [2.24, 2.45) is 5.10 Å². The molecule has 1 aliphatic rings. The molecule has 1 aromatic heterocycles. The fraction of sp³-hybridized carbons (Fsp3) is 0.115. The Morgan fingerprint density at radius 3 is 2.30 bits per heavy atom. The van der Waals surface area contributed by atoms with Crippen LogP contribution < -0.4 is 5.43 Å². The Balaban J connectivity index is 1.25. The van der Waals surface area contributed by atoms with Crippen molar-refractivity contribution in [3.8, 4) is 16.8 Å². The number of aromatic nitrogens is 2. The van der Waals surface area contributed by atoms with E-state index in [-0.39, 0.29) is 11.2 Å². The smallest absolute Gasteiger partial charge is 0.250 e. The zero-order valence-electron chi connectivity index (χ0n) is 17.9. The second kappa shape index (κ2) is 9.25. The summed E-state index contributed by atoms with van der Waals surface area (Å²) in [6.45, 7) is 1.92. The molecule has 4 aromatic rings. The zero-order valence-corrected chi connectivity index (χ0v) is 19.5. The van der Waals surface area contributed by atoms with Gasteiger partial charge in [0.1, 0.15) is 0 Å². The van der Waals surface area contributed by atoms with E-state index in [4.69, 9.17) is 11.6 Å². The van der Waals surface area contributed by atoms with Gasteiger partial charge in [-0.2, -0.15) is 10.2 Å². The summed E-state index contributed by atoms with van der Waals surface area (Å²) in [6, 6.07) is 26.5. The number of carbonyl (C=O) groups is 1. The van der Waals surface area contributed by atoms with Gasteiger partial charge in [0.25, 0.3) is 0 Å². The Hall–Kier alpha value is -3.35. The van der Waals surface area contributed by atoms with E-state index in [1.54, 1.807) is 22.7 Å². The highest BCUT2D eigenvalue weighted by atomic mass is 35.5. The standard InChI is InChI=1S/C26H21ClN4OS/c1-17-23(26(27)30-31(17)18-9-3-2-4-10-18)15-28-29-24(32)16-33-25-21-13-7-5-11-19(21)20-12-6-8-14-22(20)25/h2-15,25H,16H2,1H3,(H,29,32)/b28-15+. The van der Waals surface area contributed by atoms with Crippen LogP contribution in [0.2, 0.25) is 5.15 Å². The minimum Gasteiger partial charge on any atom is -0.272 e. The summed E-state index contributed by atoms with van der Waals surface area (Å²) in [5.74, 6) is 0.128. The van der Waals surface area contributed by atoms with E-state index in [2.05, 4.69) is 52.0 Å². The molecule has 7 heteroatoms. The Morgan fingerprint density at radius 1 is 1.03 bits per heavy atom. The van der Waals surface area contributed by atoms with Gasteiger partial charge < -0.3 is 0 Å². The maximum Gasteiger partial charge on any atom is 0.250 e. The third kappa shape index (κ3) is 4.19. The zero-order chi connectivity index (χ0) is 22.8. The average Bonchev–Trinajstić information content (AvgIpc) is 3.32. The first-order valence-electron chi connectivity index (χ1n) is 10.6. The van der Waals surface area contributed by atoms with Crippen LogP contribution in [-0.2, 0) is 4.79 Å². The summed E-state index contributed by atoms with van der Waals surface area (Å²) >= 11 is 7.92. The third-order valence-electron chi connectivity index (χ3n) is 5.66. The molecule has 1 heterocycles. The molecule has 0 aliphatic heterocycles. The van der Waals surface area contributed by atoms with Crippen LogP contribution in [0.4, 0.5) is 0 Å². The Kier molecular flexibility index (Phi) is 6.03. The number of thioether (sulfide) groups is 1. The van der Waals surface area contributed by atoms with Gasteiger partial charge in [-0.25, -0.2) is 10.1 Å². The van der Waals surface area contributed by atoms with Gasteiger partial charge in [0, 0.05) is 0 Å². The van der Waals surface area contributed by atoms with Crippen molar-refractivity contribution in [2.45, 2.75) is 12.2 Å². The monoisotopic (exact) mass is 472 g/mol. The lowest BCUT2D eigenvalue weighted by molar-refractivity contribution is -0.118. The first kappa shape index (κ1) is 21.5. The molecule has 164 valence electrons. The van der Waals surface area contributed by atoms with Gasteiger partial charge in [0.05, 0.1) is 34.2 Å². The number of nitrogens with one attached hydrogen (secondary N) is 1. The summed E-state index contributed by atoms with van der Waals surface area (Å²) in [5.41, 5.74) is 10.0. The van der Waals surface area contributed by atoms with Crippen molar-refractivity contribution in [1.29, 1.82) is 0 Å². The van der Waals surface area contributed by atoms with Gasteiger partial charge >= 0.3 is 0 Å². The molecule has 3 aromatic carbocycles. The SMILES string of the molecule is Cc1c(/C=N/NC(=O)CSC2c3ccccc3-c3ccccc32)c(Cl)nn1-c1ccccc1. The van der Waals surface area contributed by atoms with Crippen LogP contribution in [0.15, 0.2) is 84.0 Å². The van der Waals surface area contributed by atoms with Crippen LogP contribution in [0.3, 0.4) is 0 Å². The highest BCUT2D eigenvalue weighted by Crippen LogP contribution is 2.49. The van der Waals surface area contributed by atoms with Gasteiger partial charge in [0.2, 0.25) is 5.91 Å². The molecule has 33 heavy (non-hydrogen) atoms. The van der Waals surface area contributed by atoms with Crippen molar-refractivity contribution >= 4 is 35.5 Å². The molecule has 5 rings (SSSR count). The van der Waals surface area contributed by atoms with Crippen LogP contribution in [0.25, 0.3) is 16.8 Å². The van der Waals surface area contributed by atoms with Gasteiger partial charge in [-0.15, -0.1) is 11.8 Å². The number of nitrogens with zero attached hydrogens (tertiary/aromatic N) is 3. The third-order valence-corrected chi connectivity index (χ3v) is 7.21. The van der Waals surface area contributed by atoms with Crippen LogP contribution >= 0.6 is 23.4 Å². The highest BCUT2D eigenvalue weighted by molar-refractivity contribution is 8.00. The minimum absolute atomic E-state index is 0.132. The van der Waals surface area contributed by atoms with Gasteiger partial charge in [-0.1, -0.05) is 78.3 Å². The second-order valence-electron chi connectivity index (χ2n) is 7.70. The van der Waals surface area contributed by atoms with Crippen LogP contribution in [0.1, 0.15) is 27.6 Å². The number of fused-ring (bicyclic) bond motifs is 3. The molecular formula is C26H21ClN4OS. The lowest BCUT2D eigenvalue weighted by Crippen LogP contribution is -2.20. The highest BCUT2D eigenvalue weighted by Gasteiger charge is 2.28. The van der Waals surface area contributed by atoms with E-state index in [9.17, 15) is 4.79 Å². The van der Waals surface area contributed by atoms with Crippen molar-refractivity contribution in [1.82, 2.24) is 15.2 Å². The Morgan fingerprint density at radius 2 is 1.64 bits per heavy atom. The van der Waals surface area contributed by atoms with Crippen molar-refractivity contribution in [3.05, 3.63) is 106 Å². The lowest BCUT2D eigenvalue weighted by atomic mass is 10.1. The average molecular weight is 473 g/mol. The predicted molar refractivity (Wildman–Crippen MR) is 135 cm³/mol. The number of hydrogen-bond donors (Lipinski definition) is 1. The molecule has 0 bridgehead atoms. The maximum absolute atomic E-state index is 12.5. The Labute approximate surface area is 201 Å². The number of amides is 1. The summed E-state index contributed by atoms with van der Waals surface area (Å²) in [4.78, 5) is 12.5. The van der Waals surface area contributed by atoms with Gasteiger partial charge in [-0.3, -0.25) is 4.79 Å². The van der Waals surface area contributed by atoms with E-state index in [1.165, 1.54) is 22.3 Å². The van der Waals surface area contributed by atoms with Crippen LogP contribution in [0.5, 0.6) is 0 Å². The number of hydrazone groups is 1. The number of carbonyl (C=O) groups excluding carboxylic acids is 1. The predicted octanol–water partition coefficient (Wildman–Crippen LogP) is 5.79. The molecule has 0 saturated carbocycles. The lowest BCUT2D eigenvalue weighted by Gasteiger charge is -2.12. The quantitative estimate of drug-likeness (QED) is 0.285. The summed E-state index contributed by atoms with van der Waals surface area (Å²) in [6.07, 6.45) is 1.55.